The van der Waals surface area contributed by atoms with Crippen LogP contribution in [0.2, 0.25) is 0 Å². The molecule has 0 saturated heterocycles. The highest BCUT2D eigenvalue weighted by Gasteiger charge is 2.30. The zero-order valence-corrected chi connectivity index (χ0v) is 21.8. The second-order valence-corrected chi connectivity index (χ2v) is 11.5. The van der Waals surface area contributed by atoms with E-state index in [1.807, 2.05) is 35.6 Å². The Morgan fingerprint density at radius 3 is 2.75 bits per heavy atom. The standard InChI is InChI=1S/C27H25FN4O2S2/c1-15(2)21-12-20-22(13-34-21)36-25-23(20)24(33)31(19-6-4-5-16(3)11-19)26-29-30-27(32(25)26)35-14-17-7-9-18(28)10-8-17/h4-11,15,21H,12-14H2,1-3H3/t21-/m0/s1. The summed E-state index contributed by atoms with van der Waals surface area (Å²) in [6.45, 7) is 6.81. The van der Waals surface area contributed by atoms with Gasteiger partial charge in [-0.2, -0.15) is 0 Å². The third kappa shape index (κ3) is 3.95. The van der Waals surface area contributed by atoms with Gasteiger partial charge < -0.3 is 4.74 Å². The second-order valence-electron chi connectivity index (χ2n) is 9.49. The summed E-state index contributed by atoms with van der Waals surface area (Å²) in [6, 6.07) is 14.4. The molecule has 6 rings (SSSR count). The van der Waals surface area contributed by atoms with E-state index in [0.29, 0.717) is 35.6 Å². The SMILES string of the molecule is Cc1cccc(-n2c(=O)c3c4c(sc3n3c(SCc5ccc(F)cc5)nnc23)CO[C@H](C(C)C)C4)c1. The number of benzene rings is 2. The van der Waals surface area contributed by atoms with Crippen LogP contribution in [0.1, 0.15) is 35.4 Å². The van der Waals surface area contributed by atoms with Gasteiger partial charge in [0.1, 0.15) is 10.6 Å². The topological polar surface area (TPSA) is 61.4 Å². The highest BCUT2D eigenvalue weighted by atomic mass is 32.2. The van der Waals surface area contributed by atoms with Gasteiger partial charge in [-0.1, -0.05) is 49.9 Å². The van der Waals surface area contributed by atoms with Crippen molar-refractivity contribution in [2.45, 2.75) is 50.8 Å². The number of halogens is 1. The first-order chi connectivity index (χ1) is 17.4. The van der Waals surface area contributed by atoms with Gasteiger partial charge in [0.15, 0.2) is 5.16 Å². The molecule has 0 aliphatic carbocycles. The Balaban J connectivity index is 1.58. The molecule has 0 bridgehead atoms. The van der Waals surface area contributed by atoms with Crippen molar-refractivity contribution in [2.24, 2.45) is 5.92 Å². The van der Waals surface area contributed by atoms with Crippen LogP contribution in [0.25, 0.3) is 21.7 Å². The maximum Gasteiger partial charge on any atom is 0.268 e. The Bertz CT molecular complexity index is 1650. The van der Waals surface area contributed by atoms with E-state index in [1.165, 1.54) is 23.9 Å². The minimum absolute atomic E-state index is 0.0750. The smallest absolute Gasteiger partial charge is 0.268 e. The number of thioether (sulfide) groups is 1. The molecule has 0 radical (unpaired) electrons. The molecule has 6 nitrogen and oxygen atoms in total. The Hall–Kier alpha value is -3.01. The van der Waals surface area contributed by atoms with Crippen LogP contribution < -0.4 is 5.56 Å². The Kier molecular flexibility index (Phi) is 5.94. The molecule has 5 aromatic rings. The monoisotopic (exact) mass is 520 g/mol. The van der Waals surface area contributed by atoms with Crippen molar-refractivity contribution >= 4 is 39.1 Å². The molecular weight excluding hydrogens is 495 g/mol. The zero-order valence-electron chi connectivity index (χ0n) is 20.2. The maximum absolute atomic E-state index is 14.1. The molecule has 1 atom stereocenters. The number of fused-ring (bicyclic) bond motifs is 5. The molecule has 0 spiro atoms. The minimum Gasteiger partial charge on any atom is -0.372 e. The molecule has 184 valence electrons. The Morgan fingerprint density at radius 1 is 1.19 bits per heavy atom. The van der Waals surface area contributed by atoms with Gasteiger partial charge in [-0.15, -0.1) is 21.5 Å². The van der Waals surface area contributed by atoms with Crippen molar-refractivity contribution in [1.82, 2.24) is 19.2 Å². The normalized spacial score (nSPS) is 15.8. The average molecular weight is 521 g/mol. The number of hydrogen-bond acceptors (Lipinski definition) is 6. The van der Waals surface area contributed by atoms with Crippen molar-refractivity contribution < 1.29 is 9.13 Å². The van der Waals surface area contributed by atoms with E-state index in [1.54, 1.807) is 28.0 Å². The lowest BCUT2D eigenvalue weighted by Crippen LogP contribution is -2.28. The van der Waals surface area contributed by atoms with E-state index >= 15 is 0 Å². The van der Waals surface area contributed by atoms with Gasteiger partial charge in [-0.05, 0) is 53.8 Å². The summed E-state index contributed by atoms with van der Waals surface area (Å²) in [5, 5.41) is 10.4. The van der Waals surface area contributed by atoms with Crippen molar-refractivity contribution in [3.63, 3.8) is 0 Å². The van der Waals surface area contributed by atoms with Crippen LogP contribution in [0.5, 0.6) is 0 Å². The number of rotatable bonds is 5. The third-order valence-electron chi connectivity index (χ3n) is 6.63. The van der Waals surface area contributed by atoms with Crippen LogP contribution in [0.15, 0.2) is 58.5 Å². The lowest BCUT2D eigenvalue weighted by Gasteiger charge is -2.26. The fourth-order valence-electron chi connectivity index (χ4n) is 4.69. The van der Waals surface area contributed by atoms with E-state index < -0.39 is 0 Å². The minimum atomic E-state index is -0.258. The lowest BCUT2D eigenvalue weighted by atomic mass is 9.96. The van der Waals surface area contributed by atoms with Gasteiger partial charge in [0.05, 0.1) is 23.8 Å². The van der Waals surface area contributed by atoms with Crippen LogP contribution in [-0.4, -0.2) is 25.3 Å². The molecule has 1 aliphatic rings. The highest BCUT2D eigenvalue weighted by molar-refractivity contribution is 7.98. The van der Waals surface area contributed by atoms with Gasteiger partial charge in [-0.3, -0.25) is 4.79 Å². The summed E-state index contributed by atoms with van der Waals surface area (Å²) in [5.41, 5.74) is 3.81. The first-order valence-electron chi connectivity index (χ1n) is 11.9. The van der Waals surface area contributed by atoms with E-state index in [9.17, 15) is 9.18 Å². The predicted molar refractivity (Wildman–Crippen MR) is 142 cm³/mol. The molecular formula is C27H25FN4O2S2. The van der Waals surface area contributed by atoms with Gasteiger partial charge in [0, 0.05) is 17.1 Å². The predicted octanol–water partition coefficient (Wildman–Crippen LogP) is 5.93. The summed E-state index contributed by atoms with van der Waals surface area (Å²) in [6.07, 6.45) is 0.785. The average Bonchev–Trinajstić information content (AvgIpc) is 3.45. The first kappa shape index (κ1) is 23.4. The molecule has 0 unspecified atom stereocenters. The van der Waals surface area contributed by atoms with Gasteiger partial charge >= 0.3 is 0 Å². The molecule has 4 heterocycles. The number of thiophene rings is 1. The highest BCUT2D eigenvalue weighted by Crippen LogP contribution is 2.38. The Labute approximate surface area is 215 Å². The molecule has 3 aromatic heterocycles. The fourth-order valence-corrected chi connectivity index (χ4v) is 6.88. The molecule has 1 aliphatic heterocycles. The van der Waals surface area contributed by atoms with Crippen LogP contribution in [0.3, 0.4) is 0 Å². The molecule has 0 amide bonds. The number of aryl methyl sites for hydroxylation is 1. The van der Waals surface area contributed by atoms with E-state index in [0.717, 1.165) is 37.5 Å². The maximum atomic E-state index is 14.1. The van der Waals surface area contributed by atoms with E-state index in [4.69, 9.17) is 4.74 Å². The number of aromatic nitrogens is 4. The molecule has 9 heteroatoms. The van der Waals surface area contributed by atoms with Crippen molar-refractivity contribution in [3.05, 3.63) is 86.3 Å². The van der Waals surface area contributed by atoms with Crippen molar-refractivity contribution in [2.75, 3.05) is 0 Å². The summed E-state index contributed by atoms with van der Waals surface area (Å²) < 4.78 is 23.2. The van der Waals surface area contributed by atoms with E-state index in [2.05, 4.69) is 24.0 Å². The summed E-state index contributed by atoms with van der Waals surface area (Å²) in [4.78, 5) is 16.0. The molecule has 2 aromatic carbocycles. The molecule has 0 saturated carbocycles. The fraction of sp³-hybridized carbons (Fsp3) is 0.296. The van der Waals surface area contributed by atoms with Gasteiger partial charge in [0.2, 0.25) is 5.78 Å². The third-order valence-corrected chi connectivity index (χ3v) is 8.82. The summed E-state index contributed by atoms with van der Waals surface area (Å²) in [5.74, 6) is 1.19. The van der Waals surface area contributed by atoms with Gasteiger partial charge in [0.25, 0.3) is 5.56 Å². The Morgan fingerprint density at radius 2 is 2.00 bits per heavy atom. The zero-order chi connectivity index (χ0) is 25.0. The van der Waals surface area contributed by atoms with Gasteiger partial charge in [-0.25, -0.2) is 13.4 Å². The lowest BCUT2D eigenvalue weighted by molar-refractivity contribution is 0.00200. The summed E-state index contributed by atoms with van der Waals surface area (Å²) >= 11 is 3.11. The quantitative estimate of drug-likeness (QED) is 0.269. The number of hydrogen-bond donors (Lipinski definition) is 0. The van der Waals surface area contributed by atoms with Crippen LogP contribution in [0.4, 0.5) is 4.39 Å². The number of ether oxygens (including phenoxy) is 1. The van der Waals surface area contributed by atoms with Crippen molar-refractivity contribution in [1.29, 1.82) is 0 Å². The van der Waals surface area contributed by atoms with Crippen LogP contribution in [0, 0.1) is 18.7 Å². The van der Waals surface area contributed by atoms with Crippen LogP contribution in [-0.2, 0) is 23.5 Å². The van der Waals surface area contributed by atoms with E-state index in [-0.39, 0.29) is 17.5 Å². The second kappa shape index (κ2) is 9.14. The van der Waals surface area contributed by atoms with Crippen molar-refractivity contribution in [3.8, 4) is 5.69 Å². The number of nitrogens with zero attached hydrogens (tertiary/aromatic N) is 4. The molecule has 36 heavy (non-hydrogen) atoms. The van der Waals surface area contributed by atoms with Crippen LogP contribution >= 0.6 is 23.1 Å². The summed E-state index contributed by atoms with van der Waals surface area (Å²) in [7, 11) is 0. The first-order valence-corrected chi connectivity index (χ1v) is 13.7. The molecule has 0 fully saturated rings. The molecule has 0 N–H and O–H groups in total. The largest absolute Gasteiger partial charge is 0.372 e.